The van der Waals surface area contributed by atoms with E-state index in [9.17, 15) is 9.59 Å². The summed E-state index contributed by atoms with van der Waals surface area (Å²) in [5.41, 5.74) is 15.3. The number of carbonyl (C=O) groups excluding carboxylic acids is 2. The Morgan fingerprint density at radius 1 is 1.17 bits per heavy atom. The summed E-state index contributed by atoms with van der Waals surface area (Å²) < 4.78 is 11.3. The summed E-state index contributed by atoms with van der Waals surface area (Å²) in [4.78, 5) is 24.7. The van der Waals surface area contributed by atoms with Crippen LogP contribution in [0.2, 0.25) is 0 Å². The van der Waals surface area contributed by atoms with Crippen LogP contribution >= 0.6 is 0 Å². The van der Waals surface area contributed by atoms with Crippen LogP contribution in [0.3, 0.4) is 0 Å². The van der Waals surface area contributed by atoms with Crippen LogP contribution < -0.4 is 26.9 Å². The van der Waals surface area contributed by atoms with Gasteiger partial charge in [-0.05, 0) is 59.2 Å². The Hall–Kier alpha value is -5.27. The van der Waals surface area contributed by atoms with Crippen molar-refractivity contribution in [3.63, 3.8) is 0 Å². The lowest BCUT2D eigenvalue weighted by Gasteiger charge is -2.11. The minimum absolute atomic E-state index is 0.00501. The molecule has 36 heavy (non-hydrogen) atoms. The molecule has 2 amide bonds. The summed E-state index contributed by atoms with van der Waals surface area (Å²) in [6, 6.07) is 13.8. The third kappa shape index (κ3) is 5.27. The van der Waals surface area contributed by atoms with Crippen molar-refractivity contribution in [3.8, 4) is 11.6 Å². The molecule has 4 aromatic rings. The molecule has 0 spiro atoms. The number of anilines is 2. The summed E-state index contributed by atoms with van der Waals surface area (Å²) >= 11 is 0. The first-order valence-electron chi connectivity index (χ1n) is 10.7. The fourth-order valence-electron chi connectivity index (χ4n) is 3.21. The molecule has 2 aromatic heterocycles. The van der Waals surface area contributed by atoms with Crippen LogP contribution in [-0.4, -0.2) is 49.9 Å². The zero-order valence-electron chi connectivity index (χ0n) is 19.1. The normalized spacial score (nSPS) is 10.9. The van der Waals surface area contributed by atoms with Crippen molar-refractivity contribution >= 4 is 29.5 Å². The lowest BCUT2D eigenvalue weighted by Crippen LogP contribution is -2.22. The number of rotatable bonds is 10. The van der Waals surface area contributed by atoms with Gasteiger partial charge in [-0.1, -0.05) is 17.3 Å². The highest BCUT2D eigenvalue weighted by Crippen LogP contribution is 2.20. The number of hydrogen-bond acceptors (Lipinski definition) is 11. The van der Waals surface area contributed by atoms with E-state index in [0.29, 0.717) is 12.3 Å². The zero-order chi connectivity index (χ0) is 25.5. The monoisotopic (exact) mass is 490 g/mol. The van der Waals surface area contributed by atoms with E-state index in [4.69, 9.17) is 16.2 Å². The van der Waals surface area contributed by atoms with Gasteiger partial charge in [0.1, 0.15) is 5.75 Å². The molecule has 0 saturated carbocycles. The number of nitrogen functional groups attached to an aromatic ring is 1. The number of carbonyl (C=O) groups is 2. The molecule has 14 heteroatoms. The predicted octanol–water partition coefficient (Wildman–Crippen LogP) is 1.11. The molecule has 0 unspecified atom stereocenters. The van der Waals surface area contributed by atoms with Gasteiger partial charge in [-0.15, -0.1) is 5.10 Å². The quantitative estimate of drug-likeness (QED) is 0.184. The highest BCUT2D eigenvalue weighted by molar-refractivity contribution is 5.98. The highest BCUT2D eigenvalue weighted by atomic mass is 16.6. The molecule has 14 nitrogen and oxygen atoms in total. The standard InChI is InChI=1S/C22H22N10O4/c1-2-35-14-9-7-13(8-10-14)11-26-28-22(34)18-17(32(31-27-18)21-19(23)29-36-30-21)12-25-16-6-4-3-5-15(16)20(24)33/h3-11,25H,2,12H2,1H3,(H2,23,29)(H2,24,33)(H,28,34)/b26-11+. The Balaban J connectivity index is 1.56. The molecule has 6 N–H and O–H groups in total. The number of ether oxygens (including phenoxy) is 1. The van der Waals surface area contributed by atoms with Crippen LogP contribution in [0.5, 0.6) is 5.75 Å². The fraction of sp³-hybridized carbons (Fsp3) is 0.136. The number of nitrogens with one attached hydrogen (secondary N) is 2. The summed E-state index contributed by atoms with van der Waals surface area (Å²) in [5.74, 6) is -0.541. The van der Waals surface area contributed by atoms with E-state index < -0.39 is 11.8 Å². The second-order valence-electron chi connectivity index (χ2n) is 7.23. The number of hydrogen-bond donors (Lipinski definition) is 4. The topological polar surface area (TPSA) is 201 Å². The smallest absolute Gasteiger partial charge is 0.293 e. The fourth-order valence-corrected chi connectivity index (χ4v) is 3.21. The molecule has 184 valence electrons. The summed E-state index contributed by atoms with van der Waals surface area (Å²) in [6.07, 6.45) is 1.47. The molecule has 0 radical (unpaired) electrons. The van der Waals surface area contributed by atoms with E-state index >= 15 is 0 Å². The van der Waals surface area contributed by atoms with Crippen LogP contribution in [0.25, 0.3) is 5.82 Å². The Morgan fingerprint density at radius 2 is 1.94 bits per heavy atom. The lowest BCUT2D eigenvalue weighted by molar-refractivity contribution is 0.0947. The van der Waals surface area contributed by atoms with Crippen molar-refractivity contribution < 1.29 is 19.0 Å². The van der Waals surface area contributed by atoms with Crippen molar-refractivity contribution in [2.45, 2.75) is 13.5 Å². The number of aromatic nitrogens is 5. The third-order valence-corrected chi connectivity index (χ3v) is 4.88. The van der Waals surface area contributed by atoms with Gasteiger partial charge in [-0.25, -0.2) is 10.1 Å². The minimum atomic E-state index is -0.640. The first-order chi connectivity index (χ1) is 17.5. The molecule has 0 fully saturated rings. The maximum absolute atomic E-state index is 12.9. The van der Waals surface area contributed by atoms with Gasteiger partial charge in [0.2, 0.25) is 11.6 Å². The second kappa shape index (κ2) is 10.8. The molecule has 0 aliphatic rings. The Kier molecular flexibility index (Phi) is 7.14. The molecule has 0 atom stereocenters. The average Bonchev–Trinajstić information content (AvgIpc) is 3.49. The Labute approximate surface area is 204 Å². The van der Waals surface area contributed by atoms with Crippen LogP contribution in [0.4, 0.5) is 11.5 Å². The Bertz CT molecular complexity index is 1390. The lowest BCUT2D eigenvalue weighted by atomic mass is 10.1. The Morgan fingerprint density at radius 3 is 2.64 bits per heavy atom. The molecular formula is C22H22N10O4. The molecule has 0 aliphatic carbocycles. The van der Waals surface area contributed by atoms with E-state index in [-0.39, 0.29) is 35.1 Å². The zero-order valence-corrected chi connectivity index (χ0v) is 19.1. The van der Waals surface area contributed by atoms with E-state index in [1.54, 1.807) is 48.5 Å². The van der Waals surface area contributed by atoms with Crippen LogP contribution in [0, 0.1) is 0 Å². The van der Waals surface area contributed by atoms with Crippen LogP contribution in [0.15, 0.2) is 58.3 Å². The highest BCUT2D eigenvalue weighted by Gasteiger charge is 2.24. The van der Waals surface area contributed by atoms with Gasteiger partial charge in [0, 0.05) is 5.69 Å². The molecule has 0 saturated heterocycles. The van der Waals surface area contributed by atoms with Gasteiger partial charge < -0.3 is 21.5 Å². The number of nitrogens with zero attached hydrogens (tertiary/aromatic N) is 6. The summed E-state index contributed by atoms with van der Waals surface area (Å²) in [7, 11) is 0. The van der Waals surface area contributed by atoms with Gasteiger partial charge in [0.05, 0.1) is 30.6 Å². The largest absolute Gasteiger partial charge is 0.494 e. The molecule has 0 aliphatic heterocycles. The molecule has 0 bridgehead atoms. The predicted molar refractivity (Wildman–Crippen MR) is 129 cm³/mol. The number of hydrazone groups is 1. The average molecular weight is 490 g/mol. The van der Waals surface area contributed by atoms with Gasteiger partial charge in [0.15, 0.2) is 5.69 Å². The maximum atomic E-state index is 12.9. The van der Waals surface area contributed by atoms with Gasteiger partial charge in [-0.3, -0.25) is 9.59 Å². The van der Waals surface area contributed by atoms with Crippen molar-refractivity contribution in [2.75, 3.05) is 17.7 Å². The maximum Gasteiger partial charge on any atom is 0.293 e. The van der Waals surface area contributed by atoms with E-state index in [1.807, 2.05) is 6.92 Å². The van der Waals surface area contributed by atoms with E-state index in [0.717, 1.165) is 11.3 Å². The summed E-state index contributed by atoms with van der Waals surface area (Å²) in [5, 5.41) is 22.2. The van der Waals surface area contributed by atoms with E-state index in [1.165, 1.54) is 10.9 Å². The van der Waals surface area contributed by atoms with Crippen molar-refractivity contribution in [2.24, 2.45) is 10.8 Å². The number of nitrogens with two attached hydrogens (primary N) is 2. The van der Waals surface area contributed by atoms with Crippen LogP contribution in [0.1, 0.15) is 39.0 Å². The SMILES string of the molecule is CCOc1ccc(/C=N/NC(=O)c2nnn(-c3nonc3N)c2CNc2ccccc2C(N)=O)cc1. The molecule has 2 heterocycles. The first-order valence-corrected chi connectivity index (χ1v) is 10.7. The third-order valence-electron chi connectivity index (χ3n) is 4.88. The van der Waals surface area contributed by atoms with Crippen molar-refractivity contribution in [1.29, 1.82) is 0 Å². The number of benzene rings is 2. The number of primary amides is 1. The van der Waals surface area contributed by atoms with Gasteiger partial charge >= 0.3 is 0 Å². The van der Waals surface area contributed by atoms with Crippen molar-refractivity contribution in [1.82, 2.24) is 30.7 Å². The molecule has 2 aromatic carbocycles. The van der Waals surface area contributed by atoms with E-state index in [2.05, 4.69) is 41.1 Å². The first kappa shape index (κ1) is 23.9. The molecule has 4 rings (SSSR count). The summed E-state index contributed by atoms with van der Waals surface area (Å²) in [6.45, 7) is 2.45. The number of para-hydroxylation sites is 1. The van der Waals surface area contributed by atoms with Crippen LogP contribution in [-0.2, 0) is 6.54 Å². The van der Waals surface area contributed by atoms with Gasteiger partial charge in [-0.2, -0.15) is 9.78 Å². The molecular weight excluding hydrogens is 468 g/mol. The number of amides is 2. The second-order valence-corrected chi connectivity index (χ2v) is 7.23. The van der Waals surface area contributed by atoms with Crippen molar-refractivity contribution in [3.05, 3.63) is 71.0 Å². The van der Waals surface area contributed by atoms with Gasteiger partial charge in [0.25, 0.3) is 11.8 Å². The minimum Gasteiger partial charge on any atom is -0.494 e.